The molecular weight excluding hydrogens is 527 g/mol. The van der Waals surface area contributed by atoms with Gasteiger partial charge in [0.25, 0.3) is 0 Å². The lowest BCUT2D eigenvalue weighted by molar-refractivity contribution is 0.576. The highest BCUT2D eigenvalue weighted by Gasteiger charge is 2.27. The van der Waals surface area contributed by atoms with E-state index in [0.29, 0.717) is 32.1 Å². The van der Waals surface area contributed by atoms with E-state index < -0.39 is 11.6 Å². The number of para-hydroxylation sites is 1. The first-order valence-corrected chi connectivity index (χ1v) is 10.3. The summed E-state index contributed by atoms with van der Waals surface area (Å²) >= 11 is 0. The van der Waals surface area contributed by atoms with Crippen molar-refractivity contribution in [2.75, 3.05) is 24.5 Å². The predicted molar refractivity (Wildman–Crippen MR) is 132 cm³/mol. The third-order valence-corrected chi connectivity index (χ3v) is 5.13. The van der Waals surface area contributed by atoms with Crippen molar-refractivity contribution in [2.24, 2.45) is 4.99 Å². The molecule has 1 aliphatic heterocycles. The van der Waals surface area contributed by atoms with Crippen LogP contribution in [0.1, 0.15) is 18.9 Å². The van der Waals surface area contributed by atoms with Gasteiger partial charge >= 0.3 is 0 Å². The molecule has 1 aromatic carbocycles. The van der Waals surface area contributed by atoms with Gasteiger partial charge in [0, 0.05) is 44.3 Å². The van der Waals surface area contributed by atoms with Gasteiger partial charge in [-0.3, -0.25) is 4.57 Å². The standard InChI is InChI=1S/C22H25F2N7.HI/c1-2-26-22(28-13-16-6-8-27-20(12-16)31-11-9-25-15-31)29-17-7-10-30(14-17)21-18(23)4-3-5-19(21)24;/h3-6,8-9,11-12,15,17H,2,7,10,13-14H2,1H3,(H2,26,28,29);1H. The van der Waals surface area contributed by atoms with Crippen LogP contribution in [-0.4, -0.2) is 46.2 Å². The zero-order chi connectivity index (χ0) is 21.6. The van der Waals surface area contributed by atoms with Gasteiger partial charge in [0.05, 0.1) is 6.54 Å². The van der Waals surface area contributed by atoms with Crippen molar-refractivity contribution in [3.63, 3.8) is 0 Å². The number of nitrogens with one attached hydrogen (secondary N) is 2. The Bertz CT molecular complexity index is 1020. The lowest BCUT2D eigenvalue weighted by Gasteiger charge is -2.21. The van der Waals surface area contributed by atoms with E-state index in [-0.39, 0.29) is 35.7 Å². The van der Waals surface area contributed by atoms with Crippen LogP contribution in [0.5, 0.6) is 0 Å². The average molecular weight is 553 g/mol. The molecular formula is C22H26F2IN7. The molecule has 0 amide bonds. The number of aliphatic imine (C=N–C) groups is 1. The molecule has 32 heavy (non-hydrogen) atoms. The van der Waals surface area contributed by atoms with Crippen LogP contribution in [0.25, 0.3) is 5.82 Å². The van der Waals surface area contributed by atoms with Gasteiger partial charge in [-0.1, -0.05) is 6.07 Å². The summed E-state index contributed by atoms with van der Waals surface area (Å²) < 4.78 is 30.1. The van der Waals surface area contributed by atoms with Gasteiger partial charge in [0.2, 0.25) is 0 Å². The first kappa shape index (κ1) is 23.9. The van der Waals surface area contributed by atoms with Gasteiger partial charge < -0.3 is 15.5 Å². The molecule has 7 nitrogen and oxygen atoms in total. The second-order valence-electron chi connectivity index (χ2n) is 7.33. The first-order valence-electron chi connectivity index (χ1n) is 10.3. The topological polar surface area (TPSA) is 70.4 Å². The Morgan fingerprint density at radius 2 is 2.03 bits per heavy atom. The van der Waals surface area contributed by atoms with Crippen LogP contribution in [0.3, 0.4) is 0 Å². The predicted octanol–water partition coefficient (Wildman–Crippen LogP) is 3.50. The lowest BCUT2D eigenvalue weighted by atomic mass is 10.2. The summed E-state index contributed by atoms with van der Waals surface area (Å²) in [7, 11) is 0. The molecule has 0 bridgehead atoms. The smallest absolute Gasteiger partial charge is 0.191 e. The molecule has 3 heterocycles. The van der Waals surface area contributed by atoms with Crippen LogP contribution in [0, 0.1) is 11.6 Å². The number of benzene rings is 1. The molecule has 0 radical (unpaired) electrons. The quantitative estimate of drug-likeness (QED) is 0.278. The van der Waals surface area contributed by atoms with Crippen LogP contribution >= 0.6 is 24.0 Å². The molecule has 1 fully saturated rings. The Labute approximate surface area is 203 Å². The maximum absolute atomic E-state index is 14.1. The highest BCUT2D eigenvalue weighted by Crippen LogP contribution is 2.26. The summed E-state index contributed by atoms with van der Waals surface area (Å²) in [6, 6.07) is 7.89. The molecule has 1 aliphatic rings. The van der Waals surface area contributed by atoms with Crippen LogP contribution in [0.4, 0.5) is 14.5 Å². The number of rotatable bonds is 6. The highest BCUT2D eigenvalue weighted by molar-refractivity contribution is 14.0. The molecule has 0 saturated carbocycles. The Kier molecular flexibility index (Phi) is 8.37. The molecule has 1 unspecified atom stereocenters. The van der Waals surface area contributed by atoms with E-state index in [4.69, 9.17) is 0 Å². The van der Waals surface area contributed by atoms with Crippen molar-refractivity contribution in [3.8, 4) is 5.82 Å². The molecule has 1 saturated heterocycles. The molecule has 1 atom stereocenters. The highest BCUT2D eigenvalue weighted by atomic mass is 127. The van der Waals surface area contributed by atoms with Crippen LogP contribution in [0.15, 0.2) is 60.2 Å². The van der Waals surface area contributed by atoms with Crippen molar-refractivity contribution in [1.82, 2.24) is 25.2 Å². The van der Waals surface area contributed by atoms with Gasteiger partial charge in [-0.05, 0) is 43.2 Å². The van der Waals surface area contributed by atoms with E-state index in [0.717, 1.165) is 17.8 Å². The minimum Gasteiger partial charge on any atom is -0.365 e. The number of aromatic nitrogens is 3. The van der Waals surface area contributed by atoms with E-state index in [1.54, 1.807) is 23.6 Å². The summed E-state index contributed by atoms with van der Waals surface area (Å²) in [6.07, 6.45) is 7.75. The fraction of sp³-hybridized carbons (Fsp3) is 0.318. The summed E-state index contributed by atoms with van der Waals surface area (Å²) in [5.41, 5.74) is 1.05. The van der Waals surface area contributed by atoms with Gasteiger partial charge in [-0.15, -0.1) is 24.0 Å². The monoisotopic (exact) mass is 553 g/mol. The minimum absolute atomic E-state index is 0. The number of imidazole rings is 1. The summed E-state index contributed by atoms with van der Waals surface area (Å²) in [4.78, 5) is 14.8. The van der Waals surface area contributed by atoms with Gasteiger partial charge in [0.1, 0.15) is 29.5 Å². The summed E-state index contributed by atoms with van der Waals surface area (Å²) in [5.74, 6) is 0.381. The SMILES string of the molecule is CCNC(=NCc1ccnc(-n2ccnc2)c1)NC1CCN(c2c(F)cccc2F)C1.I. The van der Waals surface area contributed by atoms with Crippen molar-refractivity contribution in [2.45, 2.75) is 25.9 Å². The summed E-state index contributed by atoms with van der Waals surface area (Å²) in [5, 5.41) is 6.63. The maximum atomic E-state index is 14.1. The van der Waals surface area contributed by atoms with Crippen LogP contribution < -0.4 is 15.5 Å². The Morgan fingerprint density at radius 3 is 2.75 bits per heavy atom. The second-order valence-corrected chi connectivity index (χ2v) is 7.33. The van der Waals surface area contributed by atoms with Crippen LogP contribution in [0.2, 0.25) is 0 Å². The Balaban J connectivity index is 0.00000289. The first-order chi connectivity index (χ1) is 15.1. The van der Waals surface area contributed by atoms with E-state index in [1.165, 1.54) is 18.2 Å². The van der Waals surface area contributed by atoms with Crippen molar-refractivity contribution in [3.05, 3.63) is 72.4 Å². The molecule has 2 aromatic heterocycles. The lowest BCUT2D eigenvalue weighted by Crippen LogP contribution is -2.44. The number of halogens is 3. The fourth-order valence-corrected chi connectivity index (χ4v) is 3.65. The molecule has 3 aromatic rings. The van der Waals surface area contributed by atoms with Gasteiger partial charge in [-0.25, -0.2) is 23.7 Å². The summed E-state index contributed by atoms with van der Waals surface area (Å²) in [6.45, 7) is 4.26. The van der Waals surface area contributed by atoms with Crippen LogP contribution in [-0.2, 0) is 6.54 Å². The molecule has 10 heteroatoms. The van der Waals surface area contributed by atoms with Crippen molar-refractivity contribution in [1.29, 1.82) is 0 Å². The number of anilines is 1. The van der Waals surface area contributed by atoms with Crippen molar-refractivity contribution < 1.29 is 8.78 Å². The van der Waals surface area contributed by atoms with E-state index in [2.05, 4.69) is 25.6 Å². The number of hydrogen-bond donors (Lipinski definition) is 2. The maximum Gasteiger partial charge on any atom is 0.191 e. The number of pyridine rings is 1. The molecule has 0 aliphatic carbocycles. The molecule has 0 spiro atoms. The number of hydrogen-bond acceptors (Lipinski definition) is 4. The largest absolute Gasteiger partial charge is 0.365 e. The third-order valence-electron chi connectivity index (χ3n) is 5.13. The third kappa shape index (κ3) is 5.72. The van der Waals surface area contributed by atoms with E-state index in [1.807, 2.05) is 29.8 Å². The number of nitrogens with zero attached hydrogens (tertiary/aromatic N) is 5. The molecule has 4 rings (SSSR count). The van der Waals surface area contributed by atoms with Crippen molar-refractivity contribution >= 4 is 35.6 Å². The van der Waals surface area contributed by atoms with E-state index >= 15 is 0 Å². The zero-order valence-electron chi connectivity index (χ0n) is 17.7. The van der Waals surface area contributed by atoms with E-state index in [9.17, 15) is 8.78 Å². The zero-order valence-corrected chi connectivity index (χ0v) is 20.0. The minimum atomic E-state index is -0.535. The fourth-order valence-electron chi connectivity index (χ4n) is 3.65. The normalized spacial score (nSPS) is 16.0. The molecule has 170 valence electrons. The van der Waals surface area contributed by atoms with Gasteiger partial charge in [0.15, 0.2) is 5.96 Å². The average Bonchev–Trinajstić information content (AvgIpc) is 3.45. The van der Waals surface area contributed by atoms with Gasteiger partial charge in [-0.2, -0.15) is 0 Å². The molecule has 2 N–H and O–H groups in total. The number of guanidine groups is 1. The Morgan fingerprint density at radius 1 is 1.22 bits per heavy atom. The Hall–Kier alpha value is -2.76. The second kappa shape index (κ2) is 11.2.